The van der Waals surface area contributed by atoms with Gasteiger partial charge in [0, 0.05) is 12.1 Å². The number of ketones is 1. The second-order valence-corrected chi connectivity index (χ2v) is 9.61. The predicted molar refractivity (Wildman–Crippen MR) is 133 cm³/mol. The maximum Gasteiger partial charge on any atom is 0.295 e. The van der Waals surface area contributed by atoms with Gasteiger partial charge in [-0.1, -0.05) is 89.2 Å². The number of nitrogens with zero attached hydrogens (tertiary/aromatic N) is 2. The standard InChI is InChI=1S/C28H36N2O3/c1-6-29(7-2)18-11-19-30-24(20-14-16-22(17-15-20)28(3,4)5)23(26(32)27(30)33)25(31)21-12-9-8-10-13-21/h8-10,12-17,24,31H,6-7,11,18-19H2,1-5H3/b25-23-. The molecule has 1 fully saturated rings. The first-order valence-electron chi connectivity index (χ1n) is 11.9. The van der Waals surface area contributed by atoms with E-state index in [1.807, 2.05) is 42.5 Å². The molecule has 0 spiro atoms. The number of hydrogen-bond acceptors (Lipinski definition) is 4. The van der Waals surface area contributed by atoms with Crippen LogP contribution in [0.4, 0.5) is 0 Å². The molecule has 0 saturated carbocycles. The molecule has 1 aliphatic rings. The largest absolute Gasteiger partial charge is 0.507 e. The van der Waals surface area contributed by atoms with Gasteiger partial charge in [0.15, 0.2) is 0 Å². The van der Waals surface area contributed by atoms with Crippen LogP contribution < -0.4 is 0 Å². The summed E-state index contributed by atoms with van der Waals surface area (Å²) in [4.78, 5) is 30.2. The van der Waals surface area contributed by atoms with Gasteiger partial charge in [0.05, 0.1) is 11.6 Å². The summed E-state index contributed by atoms with van der Waals surface area (Å²) in [5.41, 5.74) is 2.71. The lowest BCUT2D eigenvalue weighted by molar-refractivity contribution is -0.140. The molecule has 0 aromatic heterocycles. The van der Waals surface area contributed by atoms with E-state index in [1.165, 1.54) is 5.56 Å². The fourth-order valence-corrected chi connectivity index (χ4v) is 4.38. The highest BCUT2D eigenvalue weighted by atomic mass is 16.3. The van der Waals surface area contributed by atoms with Crippen LogP contribution in [0.15, 0.2) is 60.2 Å². The van der Waals surface area contributed by atoms with Gasteiger partial charge in [-0.05, 0) is 42.6 Å². The summed E-state index contributed by atoms with van der Waals surface area (Å²) in [5, 5.41) is 11.1. The number of amides is 1. The number of hydrogen-bond donors (Lipinski definition) is 1. The van der Waals surface area contributed by atoms with E-state index < -0.39 is 17.7 Å². The van der Waals surface area contributed by atoms with Crippen molar-refractivity contribution < 1.29 is 14.7 Å². The Kier molecular flexibility index (Phi) is 7.75. The van der Waals surface area contributed by atoms with E-state index in [9.17, 15) is 14.7 Å². The number of aliphatic hydroxyl groups excluding tert-OH is 1. The molecule has 1 amide bonds. The van der Waals surface area contributed by atoms with Crippen molar-refractivity contribution in [2.24, 2.45) is 0 Å². The monoisotopic (exact) mass is 448 g/mol. The first kappa shape index (κ1) is 24.7. The van der Waals surface area contributed by atoms with Crippen LogP contribution in [0.25, 0.3) is 5.76 Å². The second kappa shape index (κ2) is 10.3. The fourth-order valence-electron chi connectivity index (χ4n) is 4.38. The number of rotatable bonds is 8. The zero-order chi connectivity index (χ0) is 24.2. The van der Waals surface area contributed by atoms with Crippen LogP contribution in [0, 0.1) is 0 Å². The summed E-state index contributed by atoms with van der Waals surface area (Å²) in [6.07, 6.45) is 0.761. The molecule has 0 aliphatic carbocycles. The molecule has 1 N–H and O–H groups in total. The minimum atomic E-state index is -0.621. The zero-order valence-electron chi connectivity index (χ0n) is 20.5. The van der Waals surface area contributed by atoms with Crippen molar-refractivity contribution in [2.45, 2.75) is 52.5 Å². The summed E-state index contributed by atoms with van der Waals surface area (Å²) < 4.78 is 0. The summed E-state index contributed by atoms with van der Waals surface area (Å²) in [7, 11) is 0. The van der Waals surface area contributed by atoms with Crippen LogP contribution in [-0.4, -0.2) is 52.8 Å². The summed E-state index contributed by atoms with van der Waals surface area (Å²) >= 11 is 0. The van der Waals surface area contributed by atoms with Crippen LogP contribution in [0.1, 0.15) is 63.8 Å². The van der Waals surface area contributed by atoms with Gasteiger partial charge in [-0.25, -0.2) is 0 Å². The van der Waals surface area contributed by atoms with Gasteiger partial charge in [0.1, 0.15) is 5.76 Å². The molecule has 1 heterocycles. The number of carbonyl (C=O) groups is 2. The Hall–Kier alpha value is -2.92. The summed E-state index contributed by atoms with van der Waals surface area (Å²) in [6, 6.07) is 16.4. The molecular weight excluding hydrogens is 412 g/mol. The van der Waals surface area contributed by atoms with Crippen LogP contribution in [0.3, 0.4) is 0 Å². The minimum absolute atomic E-state index is 0.00581. The van der Waals surface area contributed by atoms with Crippen molar-refractivity contribution in [3.8, 4) is 0 Å². The predicted octanol–water partition coefficient (Wildman–Crippen LogP) is 5.14. The first-order chi connectivity index (χ1) is 15.7. The molecule has 176 valence electrons. The first-order valence-corrected chi connectivity index (χ1v) is 11.9. The van der Waals surface area contributed by atoms with Gasteiger partial charge in [0.2, 0.25) is 0 Å². The molecule has 0 bridgehead atoms. The van der Waals surface area contributed by atoms with Gasteiger partial charge >= 0.3 is 0 Å². The number of benzene rings is 2. The topological polar surface area (TPSA) is 60.9 Å². The molecule has 5 heteroatoms. The maximum atomic E-state index is 13.1. The third-order valence-electron chi connectivity index (χ3n) is 6.45. The molecule has 5 nitrogen and oxygen atoms in total. The molecule has 33 heavy (non-hydrogen) atoms. The van der Waals surface area contributed by atoms with Gasteiger partial charge < -0.3 is 14.9 Å². The van der Waals surface area contributed by atoms with E-state index in [-0.39, 0.29) is 16.7 Å². The summed E-state index contributed by atoms with van der Waals surface area (Å²) in [5.74, 6) is -1.29. The minimum Gasteiger partial charge on any atom is -0.507 e. The number of Topliss-reactive ketones (excluding diaryl/α,β-unsaturated/α-hetero) is 1. The second-order valence-electron chi connectivity index (χ2n) is 9.61. The highest BCUT2D eigenvalue weighted by Crippen LogP contribution is 2.40. The molecule has 1 unspecified atom stereocenters. The van der Waals surface area contributed by atoms with Crippen molar-refractivity contribution >= 4 is 17.4 Å². The Balaban J connectivity index is 2.03. The molecule has 0 radical (unpaired) electrons. The number of likely N-dealkylation sites (tertiary alicyclic amines) is 1. The maximum absolute atomic E-state index is 13.1. The van der Waals surface area contributed by atoms with Crippen molar-refractivity contribution in [1.82, 2.24) is 9.80 Å². The van der Waals surface area contributed by atoms with Crippen molar-refractivity contribution in [3.05, 3.63) is 76.9 Å². The molecule has 3 rings (SSSR count). The van der Waals surface area contributed by atoms with Crippen LogP contribution in [0.5, 0.6) is 0 Å². The van der Waals surface area contributed by atoms with E-state index in [1.54, 1.807) is 17.0 Å². The Morgan fingerprint density at radius 3 is 2.12 bits per heavy atom. The lowest BCUT2D eigenvalue weighted by atomic mass is 9.85. The van der Waals surface area contributed by atoms with E-state index >= 15 is 0 Å². The molecule has 2 aromatic rings. The van der Waals surface area contributed by atoms with E-state index in [4.69, 9.17) is 0 Å². The lowest BCUT2D eigenvalue weighted by Gasteiger charge is -2.27. The quantitative estimate of drug-likeness (QED) is 0.345. The van der Waals surface area contributed by atoms with Gasteiger partial charge in [0.25, 0.3) is 11.7 Å². The van der Waals surface area contributed by atoms with Crippen molar-refractivity contribution in [2.75, 3.05) is 26.2 Å². The van der Waals surface area contributed by atoms with Crippen molar-refractivity contribution in [1.29, 1.82) is 0 Å². The third kappa shape index (κ3) is 5.36. The Labute approximate surface area is 197 Å². The lowest BCUT2D eigenvalue weighted by Crippen LogP contribution is -2.33. The highest BCUT2D eigenvalue weighted by molar-refractivity contribution is 6.46. The van der Waals surface area contributed by atoms with Crippen LogP contribution in [-0.2, 0) is 15.0 Å². The molecular formula is C28H36N2O3. The molecule has 1 aliphatic heterocycles. The highest BCUT2D eigenvalue weighted by Gasteiger charge is 2.45. The average Bonchev–Trinajstić information content (AvgIpc) is 3.06. The summed E-state index contributed by atoms with van der Waals surface area (Å²) in [6.45, 7) is 13.9. The van der Waals surface area contributed by atoms with Gasteiger partial charge in [-0.15, -0.1) is 0 Å². The Morgan fingerprint density at radius 1 is 0.970 bits per heavy atom. The van der Waals surface area contributed by atoms with Gasteiger partial charge in [-0.3, -0.25) is 9.59 Å². The van der Waals surface area contributed by atoms with E-state index in [0.717, 1.165) is 31.6 Å². The van der Waals surface area contributed by atoms with Gasteiger partial charge in [-0.2, -0.15) is 0 Å². The smallest absolute Gasteiger partial charge is 0.295 e. The fraction of sp³-hybridized carbons (Fsp3) is 0.429. The average molecular weight is 449 g/mol. The van der Waals surface area contributed by atoms with Crippen molar-refractivity contribution in [3.63, 3.8) is 0 Å². The third-order valence-corrected chi connectivity index (χ3v) is 6.45. The van der Waals surface area contributed by atoms with Crippen LogP contribution >= 0.6 is 0 Å². The molecule has 1 atom stereocenters. The SMILES string of the molecule is CCN(CC)CCCN1C(=O)C(=O)/C(=C(\O)c2ccccc2)C1c1ccc(C(C)(C)C)cc1. The van der Waals surface area contributed by atoms with E-state index in [2.05, 4.69) is 39.5 Å². The Morgan fingerprint density at radius 2 is 1.58 bits per heavy atom. The van der Waals surface area contributed by atoms with E-state index in [0.29, 0.717) is 12.1 Å². The zero-order valence-corrected chi connectivity index (χ0v) is 20.5. The number of aliphatic hydroxyl groups is 1. The van der Waals surface area contributed by atoms with Crippen LogP contribution in [0.2, 0.25) is 0 Å². The Bertz CT molecular complexity index is 1000. The molecule has 2 aromatic carbocycles. The molecule has 1 saturated heterocycles. The number of carbonyl (C=O) groups excluding carboxylic acids is 2. The normalized spacial score (nSPS) is 18.4.